The first kappa shape index (κ1) is 12.0. The van der Waals surface area contributed by atoms with Crippen LogP contribution >= 0.6 is 0 Å². The van der Waals surface area contributed by atoms with Crippen molar-refractivity contribution in [3.63, 3.8) is 0 Å². The quantitative estimate of drug-likeness (QED) is 0.800. The van der Waals surface area contributed by atoms with Gasteiger partial charge in [0.15, 0.2) is 0 Å². The number of benzene rings is 2. The molecule has 1 aliphatic heterocycles. The molecule has 0 spiro atoms. The van der Waals surface area contributed by atoms with Crippen molar-refractivity contribution in [2.45, 2.75) is 12.8 Å². The lowest BCUT2D eigenvalue weighted by Crippen LogP contribution is -2.25. The van der Waals surface area contributed by atoms with Gasteiger partial charge in [0, 0.05) is 24.1 Å². The lowest BCUT2D eigenvalue weighted by molar-refractivity contribution is -0.120. The zero-order valence-corrected chi connectivity index (χ0v) is 11.0. The van der Waals surface area contributed by atoms with Crippen molar-refractivity contribution in [3.8, 4) is 0 Å². The Bertz CT molecular complexity index is 564. The highest BCUT2D eigenvalue weighted by molar-refractivity contribution is 5.98. The number of rotatable bonds is 2. The first-order valence-corrected chi connectivity index (χ1v) is 6.69. The molecule has 1 aliphatic rings. The summed E-state index contributed by atoms with van der Waals surface area (Å²) in [4.78, 5) is 14.3. The van der Waals surface area contributed by atoms with Gasteiger partial charge >= 0.3 is 0 Å². The van der Waals surface area contributed by atoms with Crippen LogP contribution in [0.5, 0.6) is 0 Å². The summed E-state index contributed by atoms with van der Waals surface area (Å²) in [5.74, 6) is 0.552. The molecule has 0 N–H and O–H groups in total. The maximum Gasteiger partial charge on any atom is 0.230 e. The molecule has 19 heavy (non-hydrogen) atoms. The fourth-order valence-electron chi connectivity index (χ4n) is 2.80. The largest absolute Gasteiger partial charge is 0.312 e. The van der Waals surface area contributed by atoms with Crippen LogP contribution in [0.1, 0.15) is 18.4 Å². The van der Waals surface area contributed by atoms with Crippen molar-refractivity contribution in [1.29, 1.82) is 0 Å². The predicted octanol–water partition coefficient (Wildman–Crippen LogP) is 3.45. The van der Waals surface area contributed by atoms with Crippen molar-refractivity contribution in [2.24, 2.45) is 5.92 Å². The first-order chi connectivity index (χ1) is 9.27. The molecule has 96 valence electrons. The summed E-state index contributed by atoms with van der Waals surface area (Å²) in [7, 11) is 0. The van der Waals surface area contributed by atoms with Crippen LogP contribution in [-0.2, 0) is 4.79 Å². The second-order valence-corrected chi connectivity index (χ2v) is 5.09. The lowest BCUT2D eigenvalue weighted by atomic mass is 9.90. The summed E-state index contributed by atoms with van der Waals surface area (Å²) < 4.78 is 0. The van der Waals surface area contributed by atoms with Crippen molar-refractivity contribution < 1.29 is 4.79 Å². The van der Waals surface area contributed by atoms with E-state index in [2.05, 4.69) is 12.1 Å². The summed E-state index contributed by atoms with van der Waals surface area (Å²) in [6, 6.07) is 20.2. The third-order valence-electron chi connectivity index (χ3n) is 3.93. The molecular formula is C17H17NO. The van der Waals surface area contributed by atoms with Gasteiger partial charge in [-0.25, -0.2) is 0 Å². The molecule has 2 unspecified atom stereocenters. The zero-order valence-electron chi connectivity index (χ0n) is 11.0. The van der Waals surface area contributed by atoms with Gasteiger partial charge in [-0.2, -0.15) is 0 Å². The molecule has 0 aliphatic carbocycles. The van der Waals surface area contributed by atoms with Gasteiger partial charge in [-0.3, -0.25) is 4.79 Å². The molecule has 3 rings (SSSR count). The number of carbonyl (C=O) groups is 1. The van der Waals surface area contributed by atoms with E-state index >= 15 is 0 Å². The minimum absolute atomic E-state index is 0.0441. The highest BCUT2D eigenvalue weighted by Crippen LogP contribution is 2.35. The molecule has 0 bridgehead atoms. The van der Waals surface area contributed by atoms with Crippen LogP contribution in [0.2, 0.25) is 0 Å². The Hall–Kier alpha value is -2.09. The second kappa shape index (κ2) is 4.88. The number of para-hydroxylation sites is 1. The monoisotopic (exact) mass is 251 g/mol. The smallest absolute Gasteiger partial charge is 0.230 e. The Morgan fingerprint density at radius 1 is 0.947 bits per heavy atom. The Kier molecular flexibility index (Phi) is 3.08. The van der Waals surface area contributed by atoms with Gasteiger partial charge in [0.1, 0.15) is 0 Å². The average Bonchev–Trinajstić information content (AvgIpc) is 2.77. The van der Waals surface area contributed by atoms with E-state index in [0.29, 0.717) is 0 Å². The lowest BCUT2D eigenvalue weighted by Gasteiger charge is -2.16. The van der Waals surface area contributed by atoms with E-state index in [9.17, 15) is 4.79 Å². The SMILES string of the molecule is CC1C(=O)N(c2ccccc2)CC1c1ccccc1. The van der Waals surface area contributed by atoms with Gasteiger partial charge in [0.05, 0.1) is 0 Å². The highest BCUT2D eigenvalue weighted by atomic mass is 16.2. The predicted molar refractivity (Wildman–Crippen MR) is 77.1 cm³/mol. The molecule has 0 aromatic heterocycles. The normalized spacial score (nSPS) is 22.8. The first-order valence-electron chi connectivity index (χ1n) is 6.69. The van der Waals surface area contributed by atoms with Crippen LogP contribution in [-0.4, -0.2) is 12.5 Å². The van der Waals surface area contributed by atoms with E-state index in [1.807, 2.05) is 60.4 Å². The Morgan fingerprint density at radius 2 is 1.53 bits per heavy atom. The topological polar surface area (TPSA) is 20.3 Å². The van der Waals surface area contributed by atoms with Crippen LogP contribution in [0.3, 0.4) is 0 Å². The molecule has 1 fully saturated rings. The molecule has 2 aromatic carbocycles. The number of hydrogen-bond donors (Lipinski definition) is 0. The summed E-state index contributed by atoms with van der Waals surface area (Å²) >= 11 is 0. The summed E-state index contributed by atoms with van der Waals surface area (Å²) in [5.41, 5.74) is 2.25. The standard InChI is InChI=1S/C17H17NO/c1-13-16(14-8-4-2-5-9-14)12-18(17(13)19)15-10-6-3-7-11-15/h2-11,13,16H,12H2,1H3. The number of hydrogen-bond acceptors (Lipinski definition) is 1. The van der Waals surface area contributed by atoms with Crippen molar-refractivity contribution in [2.75, 3.05) is 11.4 Å². The Morgan fingerprint density at radius 3 is 2.16 bits per heavy atom. The summed E-state index contributed by atoms with van der Waals surface area (Å²) in [5, 5.41) is 0. The van der Waals surface area contributed by atoms with Gasteiger partial charge in [-0.15, -0.1) is 0 Å². The average molecular weight is 251 g/mol. The molecule has 2 atom stereocenters. The second-order valence-electron chi connectivity index (χ2n) is 5.09. The molecule has 1 saturated heterocycles. The molecular weight excluding hydrogens is 234 g/mol. The van der Waals surface area contributed by atoms with Gasteiger partial charge < -0.3 is 4.90 Å². The molecule has 0 saturated carbocycles. The third kappa shape index (κ3) is 2.14. The molecule has 2 nitrogen and oxygen atoms in total. The van der Waals surface area contributed by atoms with E-state index in [4.69, 9.17) is 0 Å². The number of nitrogens with zero attached hydrogens (tertiary/aromatic N) is 1. The molecule has 2 aromatic rings. The van der Waals surface area contributed by atoms with Crippen molar-refractivity contribution in [1.82, 2.24) is 0 Å². The van der Waals surface area contributed by atoms with Crippen LogP contribution < -0.4 is 4.90 Å². The van der Waals surface area contributed by atoms with Crippen molar-refractivity contribution >= 4 is 11.6 Å². The number of amides is 1. The third-order valence-corrected chi connectivity index (χ3v) is 3.93. The number of anilines is 1. The van der Waals surface area contributed by atoms with Gasteiger partial charge in [0.2, 0.25) is 5.91 Å². The van der Waals surface area contributed by atoms with Gasteiger partial charge in [0.25, 0.3) is 0 Å². The molecule has 0 radical (unpaired) electrons. The van der Waals surface area contributed by atoms with E-state index in [1.54, 1.807) is 0 Å². The zero-order chi connectivity index (χ0) is 13.2. The van der Waals surface area contributed by atoms with Gasteiger partial charge in [-0.1, -0.05) is 55.5 Å². The van der Waals surface area contributed by atoms with Crippen LogP contribution in [0.25, 0.3) is 0 Å². The molecule has 1 heterocycles. The Balaban J connectivity index is 1.90. The summed E-state index contributed by atoms with van der Waals surface area (Å²) in [6.07, 6.45) is 0. The van der Waals surface area contributed by atoms with E-state index in [1.165, 1.54) is 5.56 Å². The van der Waals surface area contributed by atoms with E-state index < -0.39 is 0 Å². The summed E-state index contributed by atoms with van der Waals surface area (Å²) in [6.45, 7) is 2.80. The maximum absolute atomic E-state index is 12.4. The van der Waals surface area contributed by atoms with Crippen LogP contribution in [0.4, 0.5) is 5.69 Å². The van der Waals surface area contributed by atoms with Crippen molar-refractivity contribution in [3.05, 3.63) is 66.2 Å². The minimum Gasteiger partial charge on any atom is -0.312 e. The highest BCUT2D eigenvalue weighted by Gasteiger charge is 2.38. The maximum atomic E-state index is 12.4. The van der Waals surface area contributed by atoms with E-state index in [0.717, 1.165) is 12.2 Å². The fraction of sp³-hybridized carbons (Fsp3) is 0.235. The van der Waals surface area contributed by atoms with E-state index in [-0.39, 0.29) is 17.7 Å². The molecule has 2 heteroatoms. The Labute approximate surface area is 113 Å². The number of carbonyl (C=O) groups excluding carboxylic acids is 1. The van der Waals surface area contributed by atoms with Crippen LogP contribution in [0.15, 0.2) is 60.7 Å². The minimum atomic E-state index is 0.0441. The molecule has 1 amide bonds. The van der Waals surface area contributed by atoms with Crippen LogP contribution in [0, 0.1) is 5.92 Å². The van der Waals surface area contributed by atoms with Gasteiger partial charge in [-0.05, 0) is 17.7 Å². The fourth-order valence-corrected chi connectivity index (χ4v) is 2.80.